The summed E-state index contributed by atoms with van der Waals surface area (Å²) in [4.78, 5) is 32.8. The number of nitrogens with one attached hydrogen (secondary N) is 3. The second-order valence-electron chi connectivity index (χ2n) is 10.4. The maximum absolute atomic E-state index is 13.0. The monoisotopic (exact) mass is 551 g/mol. The highest BCUT2D eigenvalue weighted by Crippen LogP contribution is 2.39. The highest BCUT2D eigenvalue weighted by Gasteiger charge is 2.24. The van der Waals surface area contributed by atoms with Crippen molar-refractivity contribution in [3.05, 3.63) is 77.7 Å². The number of hydrogen-bond acceptors (Lipinski definition) is 10. The fourth-order valence-electron chi connectivity index (χ4n) is 5.25. The first kappa shape index (κ1) is 26.5. The zero-order chi connectivity index (χ0) is 28.3. The van der Waals surface area contributed by atoms with E-state index in [2.05, 4.69) is 54.6 Å². The maximum Gasteiger partial charge on any atom is 0.256 e. The van der Waals surface area contributed by atoms with E-state index in [1.165, 1.54) is 0 Å². The molecule has 0 spiro atoms. The van der Waals surface area contributed by atoms with Crippen LogP contribution in [-0.4, -0.2) is 57.6 Å². The van der Waals surface area contributed by atoms with Gasteiger partial charge in [0.15, 0.2) is 0 Å². The van der Waals surface area contributed by atoms with Gasteiger partial charge < -0.3 is 31.3 Å². The van der Waals surface area contributed by atoms with Gasteiger partial charge in [0.1, 0.15) is 17.4 Å². The summed E-state index contributed by atoms with van der Waals surface area (Å²) < 4.78 is 5.93. The fraction of sp³-hybridized carbons (Fsp3) is 0.300. The molecule has 0 saturated carbocycles. The highest BCUT2D eigenvalue weighted by atomic mass is 16.5. The number of pyridine rings is 2. The Morgan fingerprint density at radius 1 is 1.15 bits per heavy atom. The van der Waals surface area contributed by atoms with Gasteiger partial charge in [-0.25, -0.2) is 19.9 Å². The molecule has 11 nitrogen and oxygen atoms in total. The van der Waals surface area contributed by atoms with E-state index in [9.17, 15) is 4.79 Å². The second-order valence-corrected chi connectivity index (χ2v) is 10.4. The lowest BCUT2D eigenvalue weighted by molar-refractivity contribution is 0.102. The van der Waals surface area contributed by atoms with E-state index in [1.54, 1.807) is 24.5 Å². The zero-order valence-electron chi connectivity index (χ0n) is 23.1. The Labute approximate surface area is 238 Å². The second kappa shape index (κ2) is 11.4. The van der Waals surface area contributed by atoms with Crippen LogP contribution in [0, 0.1) is 0 Å². The third kappa shape index (κ3) is 5.75. The molecule has 0 aliphatic carbocycles. The summed E-state index contributed by atoms with van der Waals surface area (Å²) in [7, 11) is 0. The molecule has 11 heteroatoms. The number of piperazine rings is 1. The molecule has 1 aromatic carbocycles. The van der Waals surface area contributed by atoms with Gasteiger partial charge in [0.05, 0.1) is 29.7 Å². The number of ether oxygens (including phenoxy) is 1. The van der Waals surface area contributed by atoms with E-state index in [4.69, 9.17) is 10.5 Å². The number of amides is 1. The summed E-state index contributed by atoms with van der Waals surface area (Å²) in [5, 5.41) is 9.82. The van der Waals surface area contributed by atoms with Crippen molar-refractivity contribution in [1.82, 2.24) is 25.3 Å². The number of carbonyl (C=O) groups excluding carboxylic acids is 1. The topological polar surface area (TPSA) is 143 Å². The fourth-order valence-corrected chi connectivity index (χ4v) is 5.25. The highest BCUT2D eigenvalue weighted by molar-refractivity contribution is 6.03. The van der Waals surface area contributed by atoms with E-state index >= 15 is 0 Å². The van der Waals surface area contributed by atoms with Crippen LogP contribution in [0.1, 0.15) is 35.3 Å². The van der Waals surface area contributed by atoms with Crippen LogP contribution in [0.25, 0.3) is 11.3 Å². The molecular weight excluding hydrogens is 518 g/mol. The Balaban J connectivity index is 1.11. The number of hydrogen-bond donors (Lipinski definition) is 4. The van der Waals surface area contributed by atoms with Crippen molar-refractivity contribution in [2.75, 3.05) is 41.0 Å². The van der Waals surface area contributed by atoms with Gasteiger partial charge in [-0.1, -0.05) is 12.1 Å². The molecular formula is C30H33N9O2. The predicted octanol–water partition coefficient (Wildman–Crippen LogP) is 3.50. The molecule has 2 aliphatic rings. The lowest BCUT2D eigenvalue weighted by atomic mass is 10.1. The van der Waals surface area contributed by atoms with Crippen molar-refractivity contribution in [1.29, 1.82) is 0 Å². The molecule has 0 bridgehead atoms. The first-order valence-corrected chi connectivity index (χ1v) is 13.8. The van der Waals surface area contributed by atoms with Gasteiger partial charge in [-0.2, -0.15) is 0 Å². The van der Waals surface area contributed by atoms with Crippen molar-refractivity contribution in [2.45, 2.75) is 38.9 Å². The molecule has 0 unspecified atom stereocenters. The quantitative estimate of drug-likeness (QED) is 0.269. The van der Waals surface area contributed by atoms with Crippen LogP contribution in [0.4, 0.5) is 23.3 Å². The standard InChI is InChI=1S/C30H33N9O2/c1-18-17-39(19(2)13-33-18)22-6-7-26(34-15-22)38-29(40)21-5-3-4-20(12-21)14-35-28-23-9-11-41-27(23)24(16-36-28)25-8-10-32-30(31)37-25/h3-8,10,12,15-16,18-19,33H,9,11,13-14,17H2,1-2H3,(H,35,36)(H2,31,32,37)(H,34,38,40)/t18-,19+/m0/s1. The molecule has 1 amide bonds. The van der Waals surface area contributed by atoms with Gasteiger partial charge >= 0.3 is 0 Å². The number of fused-ring (bicyclic) bond motifs is 1. The van der Waals surface area contributed by atoms with Crippen molar-refractivity contribution in [3.8, 4) is 17.0 Å². The normalized spacial score (nSPS) is 18.0. The van der Waals surface area contributed by atoms with E-state index in [0.717, 1.165) is 53.5 Å². The van der Waals surface area contributed by atoms with Crippen molar-refractivity contribution >= 4 is 29.2 Å². The SMILES string of the molecule is C[C@@H]1CN[C@@H](C)CN1c1ccc(NC(=O)c2cccc(CNc3ncc(-c4ccnc(N)n4)c4c3CCO4)c2)nc1. The lowest BCUT2D eigenvalue weighted by Gasteiger charge is -2.39. The van der Waals surface area contributed by atoms with Crippen molar-refractivity contribution < 1.29 is 9.53 Å². The van der Waals surface area contributed by atoms with Gasteiger partial charge in [0, 0.05) is 61.7 Å². The molecule has 6 rings (SSSR count). The summed E-state index contributed by atoms with van der Waals surface area (Å²) in [5.74, 6) is 2.01. The molecule has 41 heavy (non-hydrogen) atoms. The number of rotatable bonds is 7. The van der Waals surface area contributed by atoms with Crippen LogP contribution < -0.4 is 31.3 Å². The van der Waals surface area contributed by atoms with E-state index in [0.29, 0.717) is 42.3 Å². The Kier molecular flexibility index (Phi) is 7.34. The number of anilines is 4. The summed E-state index contributed by atoms with van der Waals surface area (Å²) in [6, 6.07) is 14.0. The zero-order valence-corrected chi connectivity index (χ0v) is 23.1. The minimum Gasteiger partial charge on any atom is -0.492 e. The average Bonchev–Trinajstić information content (AvgIpc) is 3.48. The van der Waals surface area contributed by atoms with Crippen LogP contribution >= 0.6 is 0 Å². The van der Waals surface area contributed by atoms with Crippen LogP contribution in [-0.2, 0) is 13.0 Å². The lowest BCUT2D eigenvalue weighted by Crippen LogP contribution is -2.54. The minimum absolute atomic E-state index is 0.202. The summed E-state index contributed by atoms with van der Waals surface area (Å²) in [5.41, 5.74) is 10.8. The van der Waals surface area contributed by atoms with Gasteiger partial charge in [-0.15, -0.1) is 0 Å². The van der Waals surface area contributed by atoms with Crippen molar-refractivity contribution in [2.24, 2.45) is 0 Å². The minimum atomic E-state index is -0.211. The predicted molar refractivity (Wildman–Crippen MR) is 159 cm³/mol. The molecule has 2 aliphatic heterocycles. The van der Waals surface area contributed by atoms with Crippen molar-refractivity contribution in [3.63, 3.8) is 0 Å². The number of carbonyl (C=O) groups is 1. The molecule has 4 aromatic rings. The van der Waals surface area contributed by atoms with Crippen LogP contribution in [0.2, 0.25) is 0 Å². The Morgan fingerprint density at radius 3 is 2.88 bits per heavy atom. The van der Waals surface area contributed by atoms with E-state index in [-0.39, 0.29) is 11.9 Å². The molecule has 5 N–H and O–H groups in total. The smallest absolute Gasteiger partial charge is 0.256 e. The Hall–Kier alpha value is -4.77. The number of nitrogens with zero attached hydrogens (tertiary/aromatic N) is 5. The maximum atomic E-state index is 13.0. The average molecular weight is 552 g/mol. The number of nitrogen functional groups attached to an aromatic ring is 1. The molecule has 0 radical (unpaired) electrons. The summed E-state index contributed by atoms with van der Waals surface area (Å²) in [6.45, 7) is 7.29. The van der Waals surface area contributed by atoms with E-state index in [1.807, 2.05) is 36.5 Å². The van der Waals surface area contributed by atoms with Gasteiger partial charge in [0.25, 0.3) is 5.91 Å². The molecule has 1 fully saturated rings. The largest absolute Gasteiger partial charge is 0.492 e. The van der Waals surface area contributed by atoms with Crippen LogP contribution in [0.3, 0.4) is 0 Å². The summed E-state index contributed by atoms with van der Waals surface area (Å²) >= 11 is 0. The van der Waals surface area contributed by atoms with Gasteiger partial charge in [-0.3, -0.25) is 4.79 Å². The third-order valence-electron chi connectivity index (χ3n) is 7.41. The first-order chi connectivity index (χ1) is 19.9. The van der Waals surface area contributed by atoms with E-state index < -0.39 is 0 Å². The number of nitrogens with two attached hydrogens (primary N) is 1. The number of benzene rings is 1. The molecule has 2 atom stereocenters. The van der Waals surface area contributed by atoms with Crippen LogP contribution in [0.5, 0.6) is 5.75 Å². The number of aromatic nitrogens is 4. The molecule has 210 valence electrons. The summed E-state index contributed by atoms with van der Waals surface area (Å²) in [6.07, 6.45) is 5.91. The van der Waals surface area contributed by atoms with Crippen LogP contribution in [0.15, 0.2) is 61.1 Å². The molecule has 5 heterocycles. The Morgan fingerprint density at radius 2 is 2.05 bits per heavy atom. The molecule has 1 saturated heterocycles. The Bertz CT molecular complexity index is 1560. The third-order valence-corrected chi connectivity index (χ3v) is 7.41. The van der Waals surface area contributed by atoms with Gasteiger partial charge in [-0.05, 0) is 49.7 Å². The first-order valence-electron chi connectivity index (χ1n) is 13.8. The van der Waals surface area contributed by atoms with Gasteiger partial charge in [0.2, 0.25) is 5.95 Å². The molecule has 3 aromatic heterocycles.